The maximum Gasteiger partial charge on any atom is 0.287 e. The number of carbonyl (C=O) groups is 1. The number of carbonyl (C=O) groups excluding carboxylic acids is 1. The van der Waals surface area contributed by atoms with Gasteiger partial charge in [0.25, 0.3) is 5.91 Å². The fraction of sp³-hybridized carbons (Fsp3) is 0.400. The molecule has 1 fully saturated rings. The fourth-order valence-corrected chi connectivity index (χ4v) is 2.55. The molecular weight excluding hydrogens is 278 g/mol. The van der Waals surface area contributed by atoms with Crippen LogP contribution < -0.4 is 5.32 Å². The molecule has 0 spiro atoms. The predicted molar refractivity (Wildman–Crippen MR) is 77.0 cm³/mol. The average molecular weight is 294 g/mol. The smallest absolute Gasteiger partial charge is 0.287 e. The lowest BCUT2D eigenvalue weighted by molar-refractivity contribution is 0.0909. The van der Waals surface area contributed by atoms with Crippen molar-refractivity contribution in [3.8, 4) is 0 Å². The molecule has 1 aliphatic carbocycles. The van der Waals surface area contributed by atoms with E-state index in [9.17, 15) is 9.90 Å². The molecule has 1 aromatic heterocycles. The summed E-state index contributed by atoms with van der Waals surface area (Å²) in [6.45, 7) is 2.43. The first-order valence-electron chi connectivity index (χ1n) is 6.63. The molecular formula is C15H16ClNO3. The highest BCUT2D eigenvalue weighted by Gasteiger charge is 2.42. The molecule has 1 saturated carbocycles. The maximum absolute atomic E-state index is 12.2. The molecule has 0 atom stereocenters. The number of para-hydroxylation sites is 1. The fourth-order valence-electron chi connectivity index (χ4n) is 2.34. The van der Waals surface area contributed by atoms with Gasteiger partial charge in [-0.3, -0.25) is 4.79 Å². The largest absolute Gasteiger partial charge is 0.449 e. The molecule has 3 rings (SSSR count). The molecule has 1 aliphatic rings. The van der Waals surface area contributed by atoms with Gasteiger partial charge in [-0.15, -0.1) is 0 Å². The molecule has 4 nitrogen and oxygen atoms in total. The van der Waals surface area contributed by atoms with Crippen molar-refractivity contribution in [1.82, 2.24) is 5.32 Å². The highest BCUT2D eigenvalue weighted by atomic mass is 35.5. The molecule has 1 heterocycles. The van der Waals surface area contributed by atoms with Gasteiger partial charge in [0.1, 0.15) is 0 Å². The standard InChI is InChI=1S/C15H16ClNO3/c1-9-10-3-2-4-11(16)13(10)20-12(9)14(19)17-7-15(8-18)5-6-15/h2-4,18H,5-8H2,1H3,(H,17,19). The first-order valence-corrected chi connectivity index (χ1v) is 7.01. The Morgan fingerprint density at radius 1 is 1.50 bits per heavy atom. The van der Waals surface area contributed by atoms with E-state index in [0.717, 1.165) is 23.8 Å². The van der Waals surface area contributed by atoms with Crippen LogP contribution in [0.3, 0.4) is 0 Å². The normalized spacial score (nSPS) is 16.4. The minimum absolute atomic E-state index is 0.109. The second-order valence-electron chi connectivity index (χ2n) is 5.51. The van der Waals surface area contributed by atoms with Crippen LogP contribution in [0, 0.1) is 12.3 Å². The zero-order chi connectivity index (χ0) is 14.3. The molecule has 0 bridgehead atoms. The van der Waals surface area contributed by atoms with Gasteiger partial charge in [-0.05, 0) is 25.8 Å². The molecule has 20 heavy (non-hydrogen) atoms. The number of furan rings is 1. The van der Waals surface area contributed by atoms with E-state index in [1.807, 2.05) is 19.1 Å². The molecule has 1 aromatic carbocycles. The Morgan fingerprint density at radius 3 is 2.85 bits per heavy atom. The molecule has 0 aliphatic heterocycles. The van der Waals surface area contributed by atoms with Crippen molar-refractivity contribution in [2.45, 2.75) is 19.8 Å². The SMILES string of the molecule is Cc1c(C(=O)NCC2(CO)CC2)oc2c(Cl)cccc12. The summed E-state index contributed by atoms with van der Waals surface area (Å²) in [5, 5.41) is 13.4. The molecule has 5 heteroatoms. The monoisotopic (exact) mass is 293 g/mol. The van der Waals surface area contributed by atoms with E-state index in [0.29, 0.717) is 22.9 Å². The lowest BCUT2D eigenvalue weighted by Gasteiger charge is -2.11. The van der Waals surface area contributed by atoms with Gasteiger partial charge in [-0.2, -0.15) is 0 Å². The van der Waals surface area contributed by atoms with Gasteiger partial charge < -0.3 is 14.8 Å². The third kappa shape index (κ3) is 2.19. The van der Waals surface area contributed by atoms with Crippen LogP contribution in [-0.4, -0.2) is 24.2 Å². The number of halogens is 1. The lowest BCUT2D eigenvalue weighted by atomic mass is 10.1. The molecule has 0 saturated heterocycles. The second kappa shape index (κ2) is 4.79. The number of rotatable bonds is 4. The van der Waals surface area contributed by atoms with Gasteiger partial charge in [0, 0.05) is 22.9 Å². The van der Waals surface area contributed by atoms with Crippen molar-refractivity contribution in [2.75, 3.05) is 13.2 Å². The van der Waals surface area contributed by atoms with Gasteiger partial charge in [0.15, 0.2) is 11.3 Å². The number of benzene rings is 1. The molecule has 1 amide bonds. The Balaban J connectivity index is 1.84. The van der Waals surface area contributed by atoms with E-state index in [2.05, 4.69) is 5.32 Å². The van der Waals surface area contributed by atoms with Gasteiger partial charge in [-0.1, -0.05) is 23.7 Å². The summed E-state index contributed by atoms with van der Waals surface area (Å²) in [6, 6.07) is 5.45. The number of hydrogen-bond acceptors (Lipinski definition) is 3. The summed E-state index contributed by atoms with van der Waals surface area (Å²) in [5.41, 5.74) is 1.21. The van der Waals surface area contributed by atoms with E-state index in [-0.39, 0.29) is 17.9 Å². The highest BCUT2D eigenvalue weighted by Crippen LogP contribution is 2.44. The third-order valence-electron chi connectivity index (χ3n) is 4.04. The van der Waals surface area contributed by atoms with Crippen LogP contribution in [0.4, 0.5) is 0 Å². The van der Waals surface area contributed by atoms with Crippen molar-refractivity contribution in [2.24, 2.45) is 5.41 Å². The average Bonchev–Trinajstić information content (AvgIpc) is 3.16. The minimum atomic E-state index is -0.255. The number of aliphatic hydroxyl groups excluding tert-OH is 1. The zero-order valence-electron chi connectivity index (χ0n) is 11.2. The third-order valence-corrected chi connectivity index (χ3v) is 4.34. The lowest BCUT2D eigenvalue weighted by Crippen LogP contribution is -2.31. The summed E-state index contributed by atoms with van der Waals surface area (Å²) in [4.78, 5) is 12.2. The minimum Gasteiger partial charge on any atom is -0.449 e. The predicted octanol–water partition coefficient (Wildman–Crippen LogP) is 2.90. The van der Waals surface area contributed by atoms with E-state index in [1.165, 1.54) is 0 Å². The topological polar surface area (TPSA) is 62.5 Å². The van der Waals surface area contributed by atoms with E-state index < -0.39 is 0 Å². The summed E-state index contributed by atoms with van der Waals surface area (Å²) in [6.07, 6.45) is 1.91. The number of fused-ring (bicyclic) bond motifs is 1. The van der Waals surface area contributed by atoms with Crippen LogP contribution in [0.25, 0.3) is 11.0 Å². The van der Waals surface area contributed by atoms with Crippen molar-refractivity contribution in [3.63, 3.8) is 0 Å². The number of aliphatic hydroxyl groups is 1. The first kappa shape index (κ1) is 13.5. The number of hydrogen-bond donors (Lipinski definition) is 2. The Kier molecular flexibility index (Phi) is 3.22. The van der Waals surface area contributed by atoms with Gasteiger partial charge in [0.2, 0.25) is 0 Å². The van der Waals surface area contributed by atoms with E-state index in [1.54, 1.807) is 6.07 Å². The van der Waals surface area contributed by atoms with Crippen molar-refractivity contribution < 1.29 is 14.3 Å². The van der Waals surface area contributed by atoms with Gasteiger partial charge >= 0.3 is 0 Å². The van der Waals surface area contributed by atoms with Crippen LogP contribution in [0.5, 0.6) is 0 Å². The molecule has 2 N–H and O–H groups in total. The van der Waals surface area contributed by atoms with Gasteiger partial charge in [0.05, 0.1) is 11.6 Å². The summed E-state index contributed by atoms with van der Waals surface area (Å²) in [5.74, 6) is 0.0383. The van der Waals surface area contributed by atoms with Gasteiger partial charge in [-0.25, -0.2) is 0 Å². The van der Waals surface area contributed by atoms with Crippen molar-refractivity contribution >= 4 is 28.5 Å². The molecule has 2 aromatic rings. The second-order valence-corrected chi connectivity index (χ2v) is 5.92. The zero-order valence-corrected chi connectivity index (χ0v) is 12.0. The Morgan fingerprint density at radius 2 is 2.25 bits per heavy atom. The maximum atomic E-state index is 12.2. The number of aryl methyl sites for hydroxylation is 1. The van der Waals surface area contributed by atoms with Crippen molar-refractivity contribution in [1.29, 1.82) is 0 Å². The summed E-state index contributed by atoms with van der Waals surface area (Å²) in [7, 11) is 0. The summed E-state index contributed by atoms with van der Waals surface area (Å²) < 4.78 is 5.60. The van der Waals surface area contributed by atoms with Crippen LogP contribution in [0.15, 0.2) is 22.6 Å². The van der Waals surface area contributed by atoms with E-state index in [4.69, 9.17) is 16.0 Å². The molecule has 0 radical (unpaired) electrons. The van der Waals surface area contributed by atoms with Crippen LogP contribution in [0.2, 0.25) is 5.02 Å². The highest BCUT2D eigenvalue weighted by molar-refractivity contribution is 6.35. The Bertz CT molecular complexity index is 673. The summed E-state index contributed by atoms with van der Waals surface area (Å²) >= 11 is 6.07. The number of amides is 1. The van der Waals surface area contributed by atoms with E-state index >= 15 is 0 Å². The number of nitrogens with one attached hydrogen (secondary N) is 1. The quantitative estimate of drug-likeness (QED) is 0.911. The van der Waals surface area contributed by atoms with Crippen LogP contribution in [-0.2, 0) is 0 Å². The first-order chi connectivity index (χ1) is 9.56. The van der Waals surface area contributed by atoms with Crippen LogP contribution in [0.1, 0.15) is 29.0 Å². The molecule has 106 valence electrons. The molecule has 0 unspecified atom stereocenters. The Hall–Kier alpha value is -1.52. The van der Waals surface area contributed by atoms with Crippen molar-refractivity contribution in [3.05, 3.63) is 34.5 Å². The Labute approximate surface area is 121 Å². The van der Waals surface area contributed by atoms with Crippen LogP contribution >= 0.6 is 11.6 Å².